The molecule has 72 valence electrons. The van der Waals surface area contributed by atoms with Gasteiger partial charge in [-0.05, 0) is 6.92 Å². The van der Waals surface area contributed by atoms with Gasteiger partial charge in [-0.1, -0.05) is 0 Å². The van der Waals surface area contributed by atoms with Gasteiger partial charge < -0.3 is 10.1 Å². The van der Waals surface area contributed by atoms with E-state index in [9.17, 15) is 0 Å². The highest BCUT2D eigenvalue weighted by Gasteiger charge is 2.20. The van der Waals surface area contributed by atoms with Crippen LogP contribution in [0.5, 0.6) is 0 Å². The molecule has 13 heavy (non-hydrogen) atoms. The molecule has 1 fully saturated rings. The van der Waals surface area contributed by atoms with Gasteiger partial charge in [0.25, 0.3) is 0 Å². The van der Waals surface area contributed by atoms with Crippen molar-refractivity contribution in [1.29, 1.82) is 0 Å². The quantitative estimate of drug-likeness (QED) is 0.684. The Balaban J connectivity index is 2.02. The second-order valence-corrected chi connectivity index (χ2v) is 3.58. The molecule has 4 heteroatoms. The van der Waals surface area contributed by atoms with Gasteiger partial charge in [-0.15, -0.1) is 0 Å². The molecular formula is C9H15N3O. The molecule has 0 bridgehead atoms. The number of nitrogens with one attached hydrogen (secondary N) is 1. The number of aryl methyl sites for hydroxylation is 1. The fourth-order valence-corrected chi connectivity index (χ4v) is 1.51. The fraction of sp³-hybridized carbons (Fsp3) is 0.667. The highest BCUT2D eigenvalue weighted by molar-refractivity contribution is 5.09. The van der Waals surface area contributed by atoms with Gasteiger partial charge in [0.15, 0.2) is 0 Å². The maximum Gasteiger partial charge on any atom is 0.0980 e. The number of hydrogen-bond acceptors (Lipinski definition) is 3. The van der Waals surface area contributed by atoms with Crippen LogP contribution in [0.1, 0.15) is 18.6 Å². The van der Waals surface area contributed by atoms with E-state index in [0.717, 1.165) is 18.7 Å². The van der Waals surface area contributed by atoms with Gasteiger partial charge >= 0.3 is 0 Å². The zero-order chi connectivity index (χ0) is 9.26. The minimum absolute atomic E-state index is 0.171. The van der Waals surface area contributed by atoms with E-state index in [1.165, 1.54) is 0 Å². The van der Waals surface area contributed by atoms with Crippen LogP contribution in [0, 0.1) is 0 Å². The van der Waals surface area contributed by atoms with Crippen LogP contribution >= 0.6 is 0 Å². The SMILES string of the molecule is CC1COC(c2cnn(C)c2)CN1. The fourth-order valence-electron chi connectivity index (χ4n) is 1.51. The summed E-state index contributed by atoms with van der Waals surface area (Å²) in [5.74, 6) is 0. The summed E-state index contributed by atoms with van der Waals surface area (Å²) in [5, 5.41) is 7.50. The largest absolute Gasteiger partial charge is 0.370 e. The summed E-state index contributed by atoms with van der Waals surface area (Å²) >= 11 is 0. The first-order chi connectivity index (χ1) is 6.25. The monoisotopic (exact) mass is 181 g/mol. The molecule has 0 aromatic carbocycles. The molecule has 2 rings (SSSR count). The van der Waals surface area contributed by atoms with Gasteiger partial charge in [-0.25, -0.2) is 0 Å². The highest BCUT2D eigenvalue weighted by Crippen LogP contribution is 2.18. The minimum Gasteiger partial charge on any atom is -0.370 e. The van der Waals surface area contributed by atoms with Gasteiger partial charge in [-0.3, -0.25) is 4.68 Å². The highest BCUT2D eigenvalue weighted by atomic mass is 16.5. The van der Waals surface area contributed by atoms with Crippen LogP contribution in [0.4, 0.5) is 0 Å². The van der Waals surface area contributed by atoms with E-state index >= 15 is 0 Å². The van der Waals surface area contributed by atoms with Crippen LogP contribution in [0.2, 0.25) is 0 Å². The van der Waals surface area contributed by atoms with Crippen LogP contribution in [0.15, 0.2) is 12.4 Å². The third-order valence-corrected chi connectivity index (χ3v) is 2.30. The van der Waals surface area contributed by atoms with Crippen molar-refractivity contribution in [2.45, 2.75) is 19.1 Å². The second-order valence-electron chi connectivity index (χ2n) is 3.58. The van der Waals surface area contributed by atoms with Crippen LogP contribution in [0.3, 0.4) is 0 Å². The summed E-state index contributed by atoms with van der Waals surface area (Å²) < 4.78 is 7.48. The van der Waals surface area contributed by atoms with Crippen molar-refractivity contribution in [1.82, 2.24) is 15.1 Å². The Morgan fingerprint density at radius 3 is 3.08 bits per heavy atom. The molecular weight excluding hydrogens is 166 g/mol. The van der Waals surface area contributed by atoms with Crippen LogP contribution in [-0.4, -0.2) is 29.0 Å². The average molecular weight is 181 g/mol. The summed E-state index contributed by atoms with van der Waals surface area (Å²) in [6.07, 6.45) is 4.04. The van der Waals surface area contributed by atoms with E-state index in [1.807, 2.05) is 19.4 Å². The predicted octanol–water partition coefficient (Wildman–Crippen LogP) is 0.470. The third-order valence-electron chi connectivity index (χ3n) is 2.30. The molecule has 1 aliphatic rings. The third kappa shape index (κ3) is 1.89. The zero-order valence-electron chi connectivity index (χ0n) is 8.03. The smallest absolute Gasteiger partial charge is 0.0980 e. The molecule has 0 spiro atoms. The average Bonchev–Trinajstić information content (AvgIpc) is 2.53. The van der Waals surface area contributed by atoms with Crippen molar-refractivity contribution in [2.75, 3.05) is 13.2 Å². The lowest BCUT2D eigenvalue weighted by molar-refractivity contribution is 0.00691. The normalized spacial score (nSPS) is 29.1. The number of ether oxygens (including phenoxy) is 1. The van der Waals surface area contributed by atoms with Crippen molar-refractivity contribution in [2.24, 2.45) is 7.05 Å². The molecule has 1 aromatic rings. The van der Waals surface area contributed by atoms with E-state index in [0.29, 0.717) is 6.04 Å². The molecule has 0 amide bonds. The summed E-state index contributed by atoms with van der Waals surface area (Å²) in [5.41, 5.74) is 1.15. The van der Waals surface area contributed by atoms with E-state index in [2.05, 4.69) is 17.3 Å². The molecule has 4 nitrogen and oxygen atoms in total. The Morgan fingerprint density at radius 1 is 1.69 bits per heavy atom. The Bertz CT molecular complexity index is 276. The molecule has 0 aliphatic carbocycles. The summed E-state index contributed by atoms with van der Waals surface area (Å²) in [7, 11) is 1.92. The van der Waals surface area contributed by atoms with Crippen LogP contribution in [-0.2, 0) is 11.8 Å². The Hall–Kier alpha value is -0.870. The number of nitrogens with zero attached hydrogens (tertiary/aromatic N) is 2. The molecule has 2 unspecified atom stereocenters. The summed E-state index contributed by atoms with van der Waals surface area (Å²) in [6, 6.07) is 0.466. The van der Waals surface area contributed by atoms with Crippen molar-refractivity contribution >= 4 is 0 Å². The summed E-state index contributed by atoms with van der Waals surface area (Å²) in [6.45, 7) is 3.78. The van der Waals surface area contributed by atoms with E-state index in [1.54, 1.807) is 4.68 Å². The Kier molecular flexibility index (Phi) is 2.33. The molecule has 2 atom stereocenters. The van der Waals surface area contributed by atoms with Gasteiger partial charge in [0.2, 0.25) is 0 Å². The molecule has 1 aromatic heterocycles. The first-order valence-electron chi connectivity index (χ1n) is 4.59. The molecule has 2 heterocycles. The number of aromatic nitrogens is 2. The lowest BCUT2D eigenvalue weighted by atomic mass is 10.1. The van der Waals surface area contributed by atoms with Crippen molar-refractivity contribution in [3.63, 3.8) is 0 Å². The maximum absolute atomic E-state index is 5.67. The second kappa shape index (κ2) is 3.47. The first-order valence-corrected chi connectivity index (χ1v) is 4.59. The van der Waals surface area contributed by atoms with Crippen LogP contribution < -0.4 is 5.32 Å². The van der Waals surface area contributed by atoms with E-state index < -0.39 is 0 Å². The van der Waals surface area contributed by atoms with Gasteiger partial charge in [0.05, 0.1) is 18.9 Å². The Morgan fingerprint density at radius 2 is 2.54 bits per heavy atom. The van der Waals surface area contributed by atoms with Gasteiger partial charge in [-0.2, -0.15) is 5.10 Å². The maximum atomic E-state index is 5.67. The molecule has 0 saturated carbocycles. The first kappa shape index (κ1) is 8.72. The van der Waals surface area contributed by atoms with Crippen molar-refractivity contribution in [3.05, 3.63) is 18.0 Å². The number of morpholine rings is 1. The Labute approximate surface area is 77.9 Å². The molecule has 1 N–H and O–H groups in total. The van der Waals surface area contributed by atoms with Crippen LogP contribution in [0.25, 0.3) is 0 Å². The number of rotatable bonds is 1. The van der Waals surface area contributed by atoms with Gasteiger partial charge in [0.1, 0.15) is 0 Å². The van der Waals surface area contributed by atoms with E-state index in [4.69, 9.17) is 4.74 Å². The lowest BCUT2D eigenvalue weighted by Crippen LogP contribution is -2.40. The zero-order valence-corrected chi connectivity index (χ0v) is 8.03. The van der Waals surface area contributed by atoms with Crippen molar-refractivity contribution in [3.8, 4) is 0 Å². The molecule has 1 saturated heterocycles. The van der Waals surface area contributed by atoms with E-state index in [-0.39, 0.29) is 6.10 Å². The van der Waals surface area contributed by atoms with Gasteiger partial charge in [0, 0.05) is 31.4 Å². The topological polar surface area (TPSA) is 39.1 Å². The predicted molar refractivity (Wildman–Crippen MR) is 49.4 cm³/mol. The summed E-state index contributed by atoms with van der Waals surface area (Å²) in [4.78, 5) is 0. The number of hydrogen-bond donors (Lipinski definition) is 1. The lowest BCUT2D eigenvalue weighted by Gasteiger charge is -2.27. The minimum atomic E-state index is 0.171. The molecule has 0 radical (unpaired) electrons. The molecule has 1 aliphatic heterocycles. The standard InChI is InChI=1S/C9H15N3O/c1-7-6-13-9(4-10-7)8-3-11-12(2)5-8/h3,5,7,9-10H,4,6H2,1-2H3. The van der Waals surface area contributed by atoms with Crippen molar-refractivity contribution < 1.29 is 4.74 Å².